The van der Waals surface area contributed by atoms with E-state index in [1.54, 1.807) is 30.3 Å². The first kappa shape index (κ1) is 20.4. The van der Waals surface area contributed by atoms with Crippen LogP contribution in [0.3, 0.4) is 0 Å². The Kier molecular flexibility index (Phi) is 4.67. The number of para-hydroxylation sites is 1. The number of primary amides is 1. The van der Waals surface area contributed by atoms with Crippen LogP contribution >= 0.6 is 11.6 Å². The van der Waals surface area contributed by atoms with Gasteiger partial charge in [-0.15, -0.1) is 0 Å². The van der Waals surface area contributed by atoms with Crippen LogP contribution in [0.15, 0.2) is 42.5 Å². The summed E-state index contributed by atoms with van der Waals surface area (Å²) in [5.74, 6) is -1.94. The maximum atomic E-state index is 14.3. The van der Waals surface area contributed by atoms with Crippen LogP contribution in [0.25, 0.3) is 10.9 Å². The molecule has 0 atom stereocenters. The van der Waals surface area contributed by atoms with Crippen molar-refractivity contribution in [2.45, 2.75) is 24.9 Å². The van der Waals surface area contributed by atoms with Gasteiger partial charge in [0.25, 0.3) is 5.91 Å². The number of carbonyl (C=O) groups is 3. The lowest BCUT2D eigenvalue weighted by atomic mass is 9.72. The Morgan fingerprint density at radius 2 is 1.94 bits per heavy atom. The van der Waals surface area contributed by atoms with Crippen molar-refractivity contribution < 1.29 is 18.8 Å². The van der Waals surface area contributed by atoms with Crippen molar-refractivity contribution in [2.24, 2.45) is 11.7 Å². The lowest BCUT2D eigenvalue weighted by Crippen LogP contribution is -2.57. The summed E-state index contributed by atoms with van der Waals surface area (Å²) >= 11 is 5.81. The molecule has 1 saturated carbocycles. The predicted octanol–water partition coefficient (Wildman–Crippen LogP) is 2.56. The molecule has 2 aromatic carbocycles. The molecule has 8 nitrogen and oxygen atoms in total. The number of aromatic nitrogens is 2. The van der Waals surface area contributed by atoms with E-state index in [-0.39, 0.29) is 34.8 Å². The molecule has 3 aromatic rings. The van der Waals surface area contributed by atoms with E-state index >= 15 is 0 Å². The van der Waals surface area contributed by atoms with E-state index in [0.717, 1.165) is 0 Å². The average molecular weight is 456 g/mol. The van der Waals surface area contributed by atoms with Crippen LogP contribution in [-0.4, -0.2) is 44.5 Å². The molecular formula is C22H19ClFN5O3. The smallest absolute Gasteiger partial charge is 0.269 e. The Hall–Kier alpha value is -3.46. The van der Waals surface area contributed by atoms with Gasteiger partial charge in [-0.3, -0.25) is 19.1 Å². The maximum Gasteiger partial charge on any atom is 0.269 e. The zero-order chi connectivity index (χ0) is 22.6. The molecule has 1 aliphatic carbocycles. The van der Waals surface area contributed by atoms with Gasteiger partial charge in [0.05, 0.1) is 16.2 Å². The van der Waals surface area contributed by atoms with Crippen LogP contribution in [0.5, 0.6) is 0 Å². The van der Waals surface area contributed by atoms with Crippen molar-refractivity contribution in [2.75, 3.05) is 11.9 Å². The summed E-state index contributed by atoms with van der Waals surface area (Å²) < 4.78 is 15.7. The second-order valence-corrected chi connectivity index (χ2v) is 8.66. The van der Waals surface area contributed by atoms with Crippen molar-refractivity contribution >= 4 is 45.9 Å². The number of hydrogen-bond donors (Lipinski definition) is 2. The van der Waals surface area contributed by atoms with Gasteiger partial charge in [-0.25, -0.2) is 4.39 Å². The van der Waals surface area contributed by atoms with Crippen LogP contribution in [0.2, 0.25) is 5.02 Å². The van der Waals surface area contributed by atoms with Crippen molar-refractivity contribution in [3.8, 4) is 0 Å². The first-order valence-electron chi connectivity index (χ1n) is 10.1. The number of fused-ring (bicyclic) bond motifs is 2. The number of anilines is 1. The molecule has 1 aromatic heterocycles. The van der Waals surface area contributed by atoms with E-state index in [1.165, 1.54) is 21.7 Å². The number of nitrogens with two attached hydrogens (primary N) is 1. The van der Waals surface area contributed by atoms with E-state index < -0.39 is 23.2 Å². The van der Waals surface area contributed by atoms with Crippen molar-refractivity contribution in [3.05, 3.63) is 59.0 Å². The van der Waals surface area contributed by atoms with Gasteiger partial charge < -0.3 is 16.0 Å². The van der Waals surface area contributed by atoms with Crippen LogP contribution in [0.1, 0.15) is 23.3 Å². The Bertz CT molecular complexity index is 1280. The van der Waals surface area contributed by atoms with Gasteiger partial charge in [0, 0.05) is 11.9 Å². The third-order valence-electron chi connectivity index (χ3n) is 6.31. The largest absolute Gasteiger partial charge is 0.364 e. The highest BCUT2D eigenvalue weighted by Gasteiger charge is 2.62. The van der Waals surface area contributed by atoms with Gasteiger partial charge in [-0.2, -0.15) is 5.10 Å². The number of nitrogens with one attached hydrogen (secondary N) is 1. The van der Waals surface area contributed by atoms with E-state index in [0.29, 0.717) is 30.3 Å². The van der Waals surface area contributed by atoms with E-state index in [9.17, 15) is 18.8 Å². The Labute approximate surface area is 187 Å². The van der Waals surface area contributed by atoms with E-state index in [4.69, 9.17) is 17.3 Å². The van der Waals surface area contributed by atoms with Gasteiger partial charge in [-0.1, -0.05) is 35.9 Å². The van der Waals surface area contributed by atoms with Crippen LogP contribution in [0, 0.1) is 11.7 Å². The number of carbonyl (C=O) groups excluding carboxylic acids is 3. The number of nitrogens with zero attached hydrogens (tertiary/aromatic N) is 3. The standard InChI is InChI=1S/C22H19ClFN5O3/c23-14-5-3-6-15(18(14)24)26-21(32)22-8-12(9-22)10-28(22)17(30)11-29-16-7-2-1-4-13(16)19(27-29)20(25)31/h1-7,12H,8-11H2,(H2,25,31)(H,26,32). The summed E-state index contributed by atoms with van der Waals surface area (Å²) in [5, 5.41) is 7.28. The zero-order valence-electron chi connectivity index (χ0n) is 16.8. The fourth-order valence-electron chi connectivity index (χ4n) is 4.81. The second kappa shape index (κ2) is 7.30. The summed E-state index contributed by atoms with van der Waals surface area (Å²) in [6.07, 6.45) is 1.03. The molecule has 3 amide bonds. The summed E-state index contributed by atoms with van der Waals surface area (Å²) in [6.45, 7) is 0.285. The lowest BCUT2D eigenvalue weighted by molar-refractivity contribution is -0.143. The first-order valence-corrected chi connectivity index (χ1v) is 10.5. The third kappa shape index (κ3) is 3.03. The molecule has 0 unspecified atom stereocenters. The van der Waals surface area contributed by atoms with Crippen LogP contribution < -0.4 is 11.1 Å². The summed E-state index contributed by atoms with van der Waals surface area (Å²) in [6, 6.07) is 11.3. The monoisotopic (exact) mass is 455 g/mol. The fraction of sp³-hybridized carbons (Fsp3) is 0.273. The van der Waals surface area contributed by atoms with Crippen LogP contribution in [0.4, 0.5) is 10.1 Å². The normalized spacial score (nSPS) is 21.4. The molecule has 10 heteroatoms. The number of rotatable bonds is 5. The van der Waals surface area contributed by atoms with E-state index in [1.807, 2.05) is 0 Å². The number of amides is 3. The zero-order valence-corrected chi connectivity index (χ0v) is 17.6. The molecule has 3 N–H and O–H groups in total. The van der Waals surface area contributed by atoms with Crippen molar-refractivity contribution in [1.29, 1.82) is 0 Å². The third-order valence-corrected chi connectivity index (χ3v) is 6.60. The molecule has 3 fully saturated rings. The van der Waals surface area contributed by atoms with Gasteiger partial charge >= 0.3 is 0 Å². The number of hydrogen-bond acceptors (Lipinski definition) is 4. The molecule has 32 heavy (non-hydrogen) atoms. The minimum Gasteiger partial charge on any atom is -0.364 e. The predicted molar refractivity (Wildman–Crippen MR) is 115 cm³/mol. The molecule has 3 heterocycles. The molecule has 2 bridgehead atoms. The summed E-state index contributed by atoms with van der Waals surface area (Å²) in [5.41, 5.74) is 5.05. The minimum atomic E-state index is -1.04. The fourth-order valence-corrected chi connectivity index (χ4v) is 4.98. The first-order chi connectivity index (χ1) is 15.3. The number of benzene rings is 2. The number of halogens is 2. The topological polar surface area (TPSA) is 110 Å². The Morgan fingerprint density at radius 1 is 1.19 bits per heavy atom. The molecule has 0 radical (unpaired) electrons. The quantitative estimate of drug-likeness (QED) is 0.616. The molecule has 164 valence electrons. The molecule has 6 rings (SSSR count). The van der Waals surface area contributed by atoms with Crippen molar-refractivity contribution in [1.82, 2.24) is 14.7 Å². The van der Waals surface area contributed by atoms with Gasteiger partial charge in [0.15, 0.2) is 11.5 Å². The van der Waals surface area contributed by atoms with Gasteiger partial charge in [-0.05, 0) is 37.0 Å². The minimum absolute atomic E-state index is 0.0243. The second-order valence-electron chi connectivity index (χ2n) is 8.25. The molecule has 2 saturated heterocycles. The molecule has 0 spiro atoms. The SMILES string of the molecule is NC(=O)c1nn(CC(=O)N2CC3CC2(C(=O)Nc2cccc(Cl)c2F)C3)c2ccccc12. The lowest BCUT2D eigenvalue weighted by Gasteiger charge is -2.40. The maximum absolute atomic E-state index is 14.3. The van der Waals surface area contributed by atoms with Gasteiger partial charge in [0.1, 0.15) is 12.1 Å². The highest BCUT2D eigenvalue weighted by atomic mass is 35.5. The highest BCUT2D eigenvalue weighted by Crippen LogP contribution is 2.51. The Balaban J connectivity index is 1.40. The Morgan fingerprint density at radius 3 is 2.69 bits per heavy atom. The average Bonchev–Trinajstić information content (AvgIpc) is 3.41. The highest BCUT2D eigenvalue weighted by molar-refractivity contribution is 6.31. The van der Waals surface area contributed by atoms with Gasteiger partial charge in [0.2, 0.25) is 11.8 Å². The molecule has 2 aliphatic heterocycles. The van der Waals surface area contributed by atoms with Crippen LogP contribution in [-0.2, 0) is 16.1 Å². The molecular weight excluding hydrogens is 437 g/mol. The summed E-state index contributed by atoms with van der Waals surface area (Å²) in [4.78, 5) is 39.6. The van der Waals surface area contributed by atoms with Crippen molar-refractivity contribution in [3.63, 3.8) is 0 Å². The van der Waals surface area contributed by atoms with E-state index in [2.05, 4.69) is 10.4 Å². The molecule has 3 aliphatic rings. The summed E-state index contributed by atoms with van der Waals surface area (Å²) in [7, 11) is 0.